The normalized spacial score (nSPS) is 11.1. The molecule has 148 valence electrons. The number of amides is 1. The molecule has 7 nitrogen and oxygen atoms in total. The number of thiophene rings is 1. The fourth-order valence-corrected chi connectivity index (χ4v) is 3.67. The van der Waals surface area contributed by atoms with E-state index in [1.807, 2.05) is 25.3 Å². The summed E-state index contributed by atoms with van der Waals surface area (Å²) in [6, 6.07) is 1.87. The van der Waals surface area contributed by atoms with Crippen molar-refractivity contribution >= 4 is 28.7 Å². The van der Waals surface area contributed by atoms with Crippen LogP contribution in [0.15, 0.2) is 21.0 Å². The topological polar surface area (TPSA) is 101 Å². The van der Waals surface area contributed by atoms with Crippen molar-refractivity contribution < 1.29 is 4.79 Å². The summed E-state index contributed by atoms with van der Waals surface area (Å²) in [5.41, 5.74) is 5.96. The molecule has 2 aromatic rings. The number of anilines is 2. The summed E-state index contributed by atoms with van der Waals surface area (Å²) in [5.74, 6) is 0.126. The van der Waals surface area contributed by atoms with E-state index in [1.165, 1.54) is 20.8 Å². The third kappa shape index (κ3) is 4.68. The second kappa shape index (κ2) is 9.03. The number of nitrogens with zero attached hydrogens (tertiary/aromatic N) is 2. The SMILES string of the molecule is CCCCn1c(N)c(N(CCC(C)C)C(=O)c2sccc2C)c(=O)[nH]c1=O. The van der Waals surface area contributed by atoms with E-state index in [-0.39, 0.29) is 17.4 Å². The molecule has 0 aliphatic rings. The predicted molar refractivity (Wildman–Crippen MR) is 111 cm³/mol. The van der Waals surface area contributed by atoms with E-state index in [4.69, 9.17) is 5.73 Å². The minimum absolute atomic E-state index is 0.0449. The smallest absolute Gasteiger partial charge is 0.330 e. The number of hydrogen-bond acceptors (Lipinski definition) is 5. The number of rotatable bonds is 8. The van der Waals surface area contributed by atoms with Crippen LogP contribution < -0.4 is 21.9 Å². The molecule has 0 aliphatic carbocycles. The average Bonchev–Trinajstić information content (AvgIpc) is 3.02. The maximum Gasteiger partial charge on any atom is 0.330 e. The molecule has 0 radical (unpaired) electrons. The molecule has 0 aromatic carbocycles. The maximum absolute atomic E-state index is 13.2. The zero-order valence-corrected chi connectivity index (χ0v) is 17.2. The van der Waals surface area contributed by atoms with Crippen molar-refractivity contribution in [2.24, 2.45) is 5.92 Å². The number of carbonyl (C=O) groups is 1. The Morgan fingerprint density at radius 1 is 1.37 bits per heavy atom. The van der Waals surface area contributed by atoms with Crippen molar-refractivity contribution in [2.75, 3.05) is 17.2 Å². The van der Waals surface area contributed by atoms with E-state index in [1.54, 1.807) is 0 Å². The van der Waals surface area contributed by atoms with Crippen LogP contribution in [0.3, 0.4) is 0 Å². The van der Waals surface area contributed by atoms with Gasteiger partial charge in [-0.15, -0.1) is 11.3 Å². The molecule has 27 heavy (non-hydrogen) atoms. The second-order valence-electron chi connectivity index (χ2n) is 7.07. The molecule has 0 saturated carbocycles. The van der Waals surface area contributed by atoms with Crippen molar-refractivity contribution in [2.45, 2.75) is 53.5 Å². The number of H-pyrrole nitrogens is 1. The Kier molecular flexibility index (Phi) is 7.01. The van der Waals surface area contributed by atoms with Crippen LogP contribution in [0.5, 0.6) is 0 Å². The highest BCUT2D eigenvalue weighted by Gasteiger charge is 2.26. The van der Waals surface area contributed by atoms with E-state index in [0.717, 1.165) is 18.4 Å². The lowest BCUT2D eigenvalue weighted by Crippen LogP contribution is -2.42. The standard InChI is InChI=1S/C19H28N4O3S/c1-5-6-9-23-16(20)14(17(24)21-19(23)26)22(10-7-12(2)3)18(25)15-13(4)8-11-27-15/h8,11-12H,5-7,9-10,20H2,1-4H3,(H,21,24,26). The first kappa shape index (κ1) is 21.0. The van der Waals surface area contributed by atoms with Crippen molar-refractivity contribution in [3.8, 4) is 0 Å². The maximum atomic E-state index is 13.2. The molecule has 3 N–H and O–H groups in total. The van der Waals surface area contributed by atoms with Crippen LogP contribution in [-0.2, 0) is 6.54 Å². The summed E-state index contributed by atoms with van der Waals surface area (Å²) >= 11 is 1.34. The molecule has 2 aromatic heterocycles. The number of hydrogen-bond donors (Lipinski definition) is 2. The summed E-state index contributed by atoms with van der Waals surface area (Å²) < 4.78 is 1.34. The van der Waals surface area contributed by atoms with Crippen LogP contribution in [0.4, 0.5) is 11.5 Å². The highest BCUT2D eigenvalue weighted by molar-refractivity contribution is 7.12. The third-order valence-corrected chi connectivity index (χ3v) is 5.46. The van der Waals surface area contributed by atoms with Gasteiger partial charge in [0.2, 0.25) is 0 Å². The molecule has 0 unspecified atom stereocenters. The molecular weight excluding hydrogens is 364 g/mol. The number of unbranched alkanes of at least 4 members (excludes halogenated alkanes) is 1. The molecular formula is C19H28N4O3S. The van der Waals surface area contributed by atoms with Gasteiger partial charge in [0.05, 0.1) is 4.88 Å². The van der Waals surface area contributed by atoms with Gasteiger partial charge < -0.3 is 5.73 Å². The van der Waals surface area contributed by atoms with E-state index in [9.17, 15) is 14.4 Å². The van der Waals surface area contributed by atoms with Gasteiger partial charge >= 0.3 is 5.69 Å². The number of nitrogens with one attached hydrogen (secondary N) is 1. The number of aryl methyl sites for hydroxylation is 1. The van der Waals surface area contributed by atoms with Crippen molar-refractivity contribution in [3.63, 3.8) is 0 Å². The van der Waals surface area contributed by atoms with Crippen LogP contribution >= 0.6 is 11.3 Å². The highest BCUT2D eigenvalue weighted by atomic mass is 32.1. The lowest BCUT2D eigenvalue weighted by molar-refractivity contribution is 0.0989. The third-order valence-electron chi connectivity index (χ3n) is 4.45. The minimum Gasteiger partial charge on any atom is -0.383 e. The summed E-state index contributed by atoms with van der Waals surface area (Å²) in [5, 5.41) is 1.85. The number of aromatic nitrogens is 2. The monoisotopic (exact) mass is 392 g/mol. The van der Waals surface area contributed by atoms with E-state index < -0.39 is 11.2 Å². The van der Waals surface area contributed by atoms with Crippen LogP contribution in [0.1, 0.15) is 55.3 Å². The van der Waals surface area contributed by atoms with Gasteiger partial charge in [0.1, 0.15) is 5.82 Å². The van der Waals surface area contributed by atoms with Gasteiger partial charge in [0.15, 0.2) is 5.69 Å². The van der Waals surface area contributed by atoms with Gasteiger partial charge in [-0.2, -0.15) is 0 Å². The molecule has 0 atom stereocenters. The van der Waals surface area contributed by atoms with E-state index >= 15 is 0 Å². The Hall–Kier alpha value is -2.35. The second-order valence-corrected chi connectivity index (χ2v) is 7.99. The van der Waals surface area contributed by atoms with Gasteiger partial charge in [-0.25, -0.2) is 4.79 Å². The molecule has 0 aliphatic heterocycles. The van der Waals surface area contributed by atoms with Crippen LogP contribution in [0.25, 0.3) is 0 Å². The number of nitrogens with two attached hydrogens (primary N) is 1. The van der Waals surface area contributed by atoms with Gasteiger partial charge in [-0.05, 0) is 42.7 Å². The number of nitrogen functional groups attached to an aromatic ring is 1. The van der Waals surface area contributed by atoms with Crippen molar-refractivity contribution in [3.05, 3.63) is 42.7 Å². The van der Waals surface area contributed by atoms with Crippen LogP contribution in [-0.4, -0.2) is 22.0 Å². The van der Waals surface area contributed by atoms with Crippen LogP contribution in [0.2, 0.25) is 0 Å². The lowest BCUT2D eigenvalue weighted by atomic mass is 10.1. The lowest BCUT2D eigenvalue weighted by Gasteiger charge is -2.25. The Morgan fingerprint density at radius 2 is 2.07 bits per heavy atom. The minimum atomic E-state index is -0.628. The first-order chi connectivity index (χ1) is 12.8. The Bertz CT molecular complexity index is 910. The Labute approximate surface area is 162 Å². The van der Waals surface area contributed by atoms with Crippen molar-refractivity contribution in [1.29, 1.82) is 0 Å². The molecule has 0 spiro atoms. The average molecular weight is 393 g/mol. The summed E-state index contributed by atoms with van der Waals surface area (Å²) in [6.45, 7) is 8.72. The Balaban J connectivity index is 2.58. The molecule has 0 fully saturated rings. The number of aromatic amines is 1. The largest absolute Gasteiger partial charge is 0.383 e. The summed E-state index contributed by atoms with van der Waals surface area (Å²) in [4.78, 5) is 42.3. The molecule has 0 bridgehead atoms. The van der Waals surface area contributed by atoms with E-state index in [0.29, 0.717) is 30.3 Å². The van der Waals surface area contributed by atoms with Gasteiger partial charge in [0, 0.05) is 13.1 Å². The Morgan fingerprint density at radius 3 is 2.63 bits per heavy atom. The molecule has 0 saturated heterocycles. The predicted octanol–water partition coefficient (Wildman–Crippen LogP) is 2.98. The fourth-order valence-electron chi connectivity index (χ4n) is 2.79. The zero-order chi connectivity index (χ0) is 20.1. The van der Waals surface area contributed by atoms with Gasteiger partial charge in [0.25, 0.3) is 11.5 Å². The first-order valence-electron chi connectivity index (χ1n) is 9.26. The number of carbonyl (C=O) groups excluding carboxylic acids is 1. The van der Waals surface area contributed by atoms with Crippen molar-refractivity contribution in [1.82, 2.24) is 9.55 Å². The molecule has 2 rings (SSSR count). The quantitative estimate of drug-likeness (QED) is 0.721. The first-order valence-corrected chi connectivity index (χ1v) is 10.1. The van der Waals surface area contributed by atoms with Gasteiger partial charge in [-0.1, -0.05) is 27.2 Å². The van der Waals surface area contributed by atoms with E-state index in [2.05, 4.69) is 18.8 Å². The van der Waals surface area contributed by atoms with Crippen LogP contribution in [0, 0.1) is 12.8 Å². The zero-order valence-electron chi connectivity index (χ0n) is 16.4. The fraction of sp³-hybridized carbons (Fsp3) is 0.526. The molecule has 8 heteroatoms. The highest BCUT2D eigenvalue weighted by Crippen LogP contribution is 2.24. The molecule has 2 heterocycles. The van der Waals surface area contributed by atoms with Gasteiger partial charge in [-0.3, -0.25) is 24.0 Å². The summed E-state index contributed by atoms with van der Waals surface area (Å²) in [7, 11) is 0. The molecule has 1 amide bonds. The summed E-state index contributed by atoms with van der Waals surface area (Å²) in [6.07, 6.45) is 2.34.